The molecule has 1 aromatic heterocycles. The van der Waals surface area contributed by atoms with E-state index < -0.39 is 0 Å². The second kappa shape index (κ2) is 7.08. The van der Waals surface area contributed by atoms with Gasteiger partial charge in [0.05, 0.1) is 18.3 Å². The highest BCUT2D eigenvalue weighted by Gasteiger charge is 2.25. The maximum absolute atomic E-state index is 11.5. The molecule has 0 aliphatic heterocycles. The van der Waals surface area contributed by atoms with E-state index in [4.69, 9.17) is 5.73 Å². The summed E-state index contributed by atoms with van der Waals surface area (Å²) >= 11 is 0. The second-order valence-corrected chi connectivity index (χ2v) is 4.29. The standard InChI is InChI=1S/C13H22N4O/c1-4-17(9-12(18)15-3)13(10(2)14)11-7-5-6-8-16-11/h5-8,10,13H,4,9,14H2,1-3H3,(H,15,18). The Bertz CT molecular complexity index is 367. The SMILES string of the molecule is CCN(CC(=O)NC)C(c1ccccn1)C(C)N. The van der Waals surface area contributed by atoms with Gasteiger partial charge in [0.15, 0.2) is 0 Å². The van der Waals surface area contributed by atoms with Crippen LogP contribution in [0, 0.1) is 0 Å². The maximum Gasteiger partial charge on any atom is 0.233 e. The summed E-state index contributed by atoms with van der Waals surface area (Å²) in [6.45, 7) is 5.03. The van der Waals surface area contributed by atoms with Gasteiger partial charge in [-0.3, -0.25) is 14.7 Å². The van der Waals surface area contributed by atoms with Crippen LogP contribution < -0.4 is 11.1 Å². The van der Waals surface area contributed by atoms with E-state index in [1.165, 1.54) is 0 Å². The van der Waals surface area contributed by atoms with Crippen LogP contribution in [-0.2, 0) is 4.79 Å². The van der Waals surface area contributed by atoms with E-state index in [2.05, 4.69) is 10.3 Å². The molecule has 2 atom stereocenters. The van der Waals surface area contributed by atoms with E-state index >= 15 is 0 Å². The minimum Gasteiger partial charge on any atom is -0.358 e. The number of amides is 1. The third kappa shape index (κ3) is 3.78. The van der Waals surface area contributed by atoms with Gasteiger partial charge in [-0.25, -0.2) is 0 Å². The van der Waals surface area contributed by atoms with Crippen molar-refractivity contribution in [2.45, 2.75) is 25.9 Å². The molecule has 5 nitrogen and oxygen atoms in total. The summed E-state index contributed by atoms with van der Waals surface area (Å²) in [4.78, 5) is 17.9. The molecule has 1 aromatic rings. The first-order valence-electron chi connectivity index (χ1n) is 6.21. The summed E-state index contributed by atoms with van der Waals surface area (Å²) in [5.41, 5.74) is 6.95. The van der Waals surface area contributed by atoms with Crippen molar-refractivity contribution in [3.63, 3.8) is 0 Å². The summed E-state index contributed by atoms with van der Waals surface area (Å²) in [6.07, 6.45) is 1.75. The Hall–Kier alpha value is -1.46. The Kier molecular flexibility index (Phi) is 5.74. The zero-order chi connectivity index (χ0) is 13.5. The molecule has 0 spiro atoms. The summed E-state index contributed by atoms with van der Waals surface area (Å²) in [5, 5.41) is 2.63. The van der Waals surface area contributed by atoms with E-state index in [1.807, 2.05) is 36.9 Å². The predicted molar refractivity (Wildman–Crippen MR) is 71.9 cm³/mol. The zero-order valence-electron chi connectivity index (χ0n) is 11.3. The first kappa shape index (κ1) is 14.6. The molecule has 100 valence electrons. The van der Waals surface area contributed by atoms with Gasteiger partial charge in [0.1, 0.15) is 0 Å². The first-order chi connectivity index (χ1) is 8.60. The summed E-state index contributed by atoms with van der Waals surface area (Å²) in [6, 6.07) is 5.61. The average molecular weight is 250 g/mol. The largest absolute Gasteiger partial charge is 0.358 e. The topological polar surface area (TPSA) is 71.2 Å². The first-order valence-corrected chi connectivity index (χ1v) is 6.21. The minimum atomic E-state index is -0.0930. The number of carbonyl (C=O) groups is 1. The Morgan fingerprint density at radius 2 is 2.28 bits per heavy atom. The summed E-state index contributed by atoms with van der Waals surface area (Å²) in [7, 11) is 1.64. The third-order valence-electron chi connectivity index (χ3n) is 2.91. The van der Waals surface area contributed by atoms with E-state index in [1.54, 1.807) is 13.2 Å². The second-order valence-electron chi connectivity index (χ2n) is 4.29. The molecule has 0 radical (unpaired) electrons. The molecule has 0 aliphatic carbocycles. The molecule has 0 aromatic carbocycles. The van der Waals surface area contributed by atoms with Crippen LogP contribution in [0.15, 0.2) is 24.4 Å². The lowest BCUT2D eigenvalue weighted by molar-refractivity contribution is -0.122. The minimum absolute atomic E-state index is 0.0153. The van der Waals surface area contributed by atoms with Crippen LogP contribution >= 0.6 is 0 Å². The van der Waals surface area contributed by atoms with E-state index in [0.717, 1.165) is 12.2 Å². The fourth-order valence-corrected chi connectivity index (χ4v) is 2.01. The number of hydrogen-bond acceptors (Lipinski definition) is 4. The molecular formula is C13H22N4O. The van der Waals surface area contributed by atoms with Crippen LogP contribution in [0.1, 0.15) is 25.6 Å². The molecule has 0 saturated heterocycles. The van der Waals surface area contributed by atoms with E-state index in [9.17, 15) is 4.79 Å². The fourth-order valence-electron chi connectivity index (χ4n) is 2.01. The van der Waals surface area contributed by atoms with Crippen molar-refractivity contribution in [3.05, 3.63) is 30.1 Å². The van der Waals surface area contributed by atoms with Gasteiger partial charge in [-0.1, -0.05) is 13.0 Å². The molecule has 0 saturated carbocycles. The molecule has 2 unspecified atom stereocenters. The van der Waals surface area contributed by atoms with Gasteiger partial charge < -0.3 is 11.1 Å². The number of carbonyl (C=O) groups excluding carboxylic acids is 1. The highest BCUT2D eigenvalue weighted by molar-refractivity contribution is 5.77. The molecule has 1 amide bonds. The molecule has 1 heterocycles. The van der Waals surface area contributed by atoms with Crippen LogP contribution in [-0.4, -0.2) is 42.0 Å². The van der Waals surface area contributed by atoms with Crippen LogP contribution in [0.4, 0.5) is 0 Å². The number of nitrogens with two attached hydrogens (primary N) is 1. The van der Waals surface area contributed by atoms with E-state index in [-0.39, 0.29) is 18.0 Å². The van der Waals surface area contributed by atoms with Crippen molar-refractivity contribution < 1.29 is 4.79 Å². The quantitative estimate of drug-likeness (QED) is 0.773. The smallest absolute Gasteiger partial charge is 0.233 e. The van der Waals surface area contributed by atoms with Crippen molar-refractivity contribution in [2.24, 2.45) is 5.73 Å². The van der Waals surface area contributed by atoms with Gasteiger partial charge in [-0.2, -0.15) is 0 Å². The lowest BCUT2D eigenvalue weighted by atomic mass is 10.0. The highest BCUT2D eigenvalue weighted by atomic mass is 16.1. The number of rotatable bonds is 6. The Morgan fingerprint density at radius 1 is 1.56 bits per heavy atom. The number of nitrogens with zero attached hydrogens (tertiary/aromatic N) is 2. The molecule has 0 bridgehead atoms. The number of aromatic nitrogens is 1. The van der Waals surface area contributed by atoms with Gasteiger partial charge in [0.25, 0.3) is 0 Å². The Morgan fingerprint density at radius 3 is 2.72 bits per heavy atom. The molecule has 1 rings (SSSR count). The maximum atomic E-state index is 11.5. The average Bonchev–Trinajstić information content (AvgIpc) is 2.38. The lowest BCUT2D eigenvalue weighted by Crippen LogP contribution is -2.44. The van der Waals surface area contributed by atoms with Gasteiger partial charge in [0.2, 0.25) is 5.91 Å². The normalized spacial score (nSPS) is 14.3. The Labute approximate surface area is 108 Å². The predicted octanol–water partition coefficient (Wildman–Crippen LogP) is 0.538. The van der Waals surface area contributed by atoms with Crippen molar-refractivity contribution in [1.82, 2.24) is 15.2 Å². The van der Waals surface area contributed by atoms with Crippen LogP contribution in [0.2, 0.25) is 0 Å². The van der Waals surface area contributed by atoms with Gasteiger partial charge in [0, 0.05) is 19.3 Å². The van der Waals surface area contributed by atoms with Crippen molar-refractivity contribution in [1.29, 1.82) is 0 Å². The van der Waals surface area contributed by atoms with Gasteiger partial charge in [-0.05, 0) is 25.6 Å². The monoisotopic (exact) mass is 250 g/mol. The fraction of sp³-hybridized carbons (Fsp3) is 0.538. The van der Waals surface area contributed by atoms with Crippen LogP contribution in [0.3, 0.4) is 0 Å². The van der Waals surface area contributed by atoms with Crippen LogP contribution in [0.5, 0.6) is 0 Å². The number of hydrogen-bond donors (Lipinski definition) is 2. The van der Waals surface area contributed by atoms with Gasteiger partial charge >= 0.3 is 0 Å². The molecule has 3 N–H and O–H groups in total. The van der Waals surface area contributed by atoms with Crippen molar-refractivity contribution >= 4 is 5.91 Å². The van der Waals surface area contributed by atoms with Crippen molar-refractivity contribution in [3.8, 4) is 0 Å². The van der Waals surface area contributed by atoms with Gasteiger partial charge in [-0.15, -0.1) is 0 Å². The van der Waals surface area contributed by atoms with Crippen molar-refractivity contribution in [2.75, 3.05) is 20.1 Å². The summed E-state index contributed by atoms with van der Waals surface area (Å²) in [5.74, 6) is -0.0153. The van der Waals surface area contributed by atoms with Crippen LogP contribution in [0.25, 0.3) is 0 Å². The zero-order valence-corrected chi connectivity index (χ0v) is 11.3. The molecule has 0 fully saturated rings. The number of nitrogens with one attached hydrogen (secondary N) is 1. The lowest BCUT2D eigenvalue weighted by Gasteiger charge is -2.32. The number of pyridine rings is 1. The Balaban J connectivity index is 2.92. The molecular weight excluding hydrogens is 228 g/mol. The molecule has 5 heteroatoms. The highest BCUT2D eigenvalue weighted by Crippen LogP contribution is 2.20. The third-order valence-corrected chi connectivity index (χ3v) is 2.91. The van der Waals surface area contributed by atoms with E-state index in [0.29, 0.717) is 6.54 Å². The molecule has 18 heavy (non-hydrogen) atoms. The summed E-state index contributed by atoms with van der Waals surface area (Å²) < 4.78 is 0. The molecule has 0 aliphatic rings. The number of likely N-dealkylation sites (N-methyl/N-ethyl adjacent to an activating group) is 2.